The van der Waals surface area contributed by atoms with Crippen LogP contribution in [0.4, 0.5) is 0 Å². The molecule has 0 unspecified atom stereocenters. The van der Waals surface area contributed by atoms with E-state index in [1.54, 1.807) is 12.1 Å². The Morgan fingerprint density at radius 3 is 1.80 bits per heavy atom. The average molecular weight is 158 g/mol. The van der Waals surface area contributed by atoms with Crippen LogP contribution in [0.2, 0.25) is 0 Å². The molecule has 0 N–H and O–H groups in total. The Kier molecular flexibility index (Phi) is 4.26. The van der Waals surface area contributed by atoms with Gasteiger partial charge in [0.2, 0.25) is 0 Å². The van der Waals surface area contributed by atoms with Gasteiger partial charge in [-0.2, -0.15) is 10.5 Å². The third kappa shape index (κ3) is 3.06. The van der Waals surface area contributed by atoms with Crippen molar-refractivity contribution in [1.29, 1.82) is 10.5 Å². The van der Waals surface area contributed by atoms with Crippen LogP contribution in [0.1, 0.15) is 12.8 Å². The minimum absolute atomic E-state index is 0.0910. The molecular formula is C5H6N2O2S. The minimum Gasteiger partial charge on any atom is -0.232 e. The third-order valence-corrected chi connectivity index (χ3v) is 1.91. The summed E-state index contributed by atoms with van der Waals surface area (Å²) in [6.07, 6.45) is -0.182. The van der Waals surface area contributed by atoms with E-state index in [4.69, 9.17) is 10.5 Å². The van der Waals surface area contributed by atoms with Crippen LogP contribution in [0.5, 0.6) is 0 Å². The summed E-state index contributed by atoms with van der Waals surface area (Å²) in [5.41, 5.74) is 0. The van der Waals surface area contributed by atoms with Crippen LogP contribution in [0.3, 0.4) is 0 Å². The molecule has 0 aromatic heterocycles. The fourth-order valence-electron chi connectivity index (χ4n) is 0.432. The Labute approximate surface area is 60.6 Å². The summed E-state index contributed by atoms with van der Waals surface area (Å²) in [4.78, 5) is 0. The first-order valence-electron chi connectivity index (χ1n) is 2.59. The molecule has 0 aromatic rings. The molecule has 0 bridgehead atoms. The zero-order valence-corrected chi connectivity index (χ0v) is 6.04. The van der Waals surface area contributed by atoms with Crippen LogP contribution in [0, 0.1) is 22.7 Å². The van der Waals surface area contributed by atoms with Gasteiger partial charge in [-0.25, -0.2) is 8.42 Å². The second-order valence-corrected chi connectivity index (χ2v) is 2.96. The Bertz CT molecular complexity index is 221. The molecule has 0 aliphatic heterocycles. The first kappa shape index (κ1) is 8.93. The van der Waals surface area contributed by atoms with Gasteiger partial charge in [0.1, 0.15) is 10.7 Å². The van der Waals surface area contributed by atoms with Gasteiger partial charge in [0.15, 0.2) is 0 Å². The lowest BCUT2D eigenvalue weighted by Crippen LogP contribution is -2.06. The van der Waals surface area contributed by atoms with Crippen LogP contribution in [0.15, 0.2) is 0 Å². The summed E-state index contributed by atoms with van der Waals surface area (Å²) in [5.74, 6) is 0. The Balaban J connectivity index is 4.04. The highest BCUT2D eigenvalue weighted by molar-refractivity contribution is 7.73. The smallest absolute Gasteiger partial charge is 0.145 e. The van der Waals surface area contributed by atoms with Crippen LogP contribution in [0.25, 0.3) is 0 Å². The maximum Gasteiger partial charge on any atom is 0.145 e. The Morgan fingerprint density at radius 2 is 1.60 bits per heavy atom. The molecule has 54 valence electrons. The summed E-state index contributed by atoms with van der Waals surface area (Å²) in [6, 6.07) is 3.40. The standard InChI is InChI=1S/C5H6N2O2S/c6-3-1-5(2-4-7)10(8)9/h5,10H,1-2H2. The Morgan fingerprint density at radius 1 is 1.20 bits per heavy atom. The van der Waals surface area contributed by atoms with Gasteiger partial charge in [-0.3, -0.25) is 0 Å². The van der Waals surface area contributed by atoms with E-state index in [2.05, 4.69) is 0 Å². The van der Waals surface area contributed by atoms with Crippen molar-refractivity contribution < 1.29 is 8.42 Å². The van der Waals surface area contributed by atoms with E-state index in [-0.39, 0.29) is 12.8 Å². The van der Waals surface area contributed by atoms with Crippen LogP contribution < -0.4 is 0 Å². The fourth-order valence-corrected chi connectivity index (χ4v) is 0.893. The molecule has 0 spiro atoms. The lowest BCUT2D eigenvalue weighted by atomic mass is 10.2. The summed E-state index contributed by atoms with van der Waals surface area (Å²) in [6.45, 7) is 0. The maximum absolute atomic E-state index is 10.2. The van der Waals surface area contributed by atoms with Crippen LogP contribution in [-0.4, -0.2) is 13.7 Å². The molecule has 0 amide bonds. The molecule has 0 fully saturated rings. The maximum atomic E-state index is 10.2. The molecule has 0 heterocycles. The zero-order valence-electron chi connectivity index (χ0n) is 5.15. The molecule has 0 aliphatic rings. The SMILES string of the molecule is N#CCC(CC#N)[SH](=O)=O. The van der Waals surface area contributed by atoms with E-state index in [1.807, 2.05) is 0 Å². The number of rotatable bonds is 3. The van der Waals surface area contributed by atoms with Gasteiger partial charge in [0.05, 0.1) is 30.2 Å². The molecule has 0 atom stereocenters. The highest BCUT2D eigenvalue weighted by Crippen LogP contribution is 1.99. The molecule has 10 heavy (non-hydrogen) atoms. The topological polar surface area (TPSA) is 81.7 Å². The van der Waals surface area contributed by atoms with Crippen molar-refractivity contribution in [1.82, 2.24) is 0 Å². The van der Waals surface area contributed by atoms with Gasteiger partial charge >= 0.3 is 0 Å². The first-order valence-corrected chi connectivity index (χ1v) is 3.84. The zero-order chi connectivity index (χ0) is 7.98. The van der Waals surface area contributed by atoms with Crippen LogP contribution >= 0.6 is 0 Å². The quantitative estimate of drug-likeness (QED) is 0.576. The first-order chi connectivity index (χ1) is 4.72. The highest BCUT2D eigenvalue weighted by atomic mass is 32.2. The normalized spacial score (nSPS) is 9.20. The van der Waals surface area contributed by atoms with Gasteiger partial charge in [-0.05, 0) is 0 Å². The molecule has 0 rings (SSSR count). The van der Waals surface area contributed by atoms with Gasteiger partial charge in [0.25, 0.3) is 0 Å². The van der Waals surface area contributed by atoms with E-state index in [1.165, 1.54) is 0 Å². The average Bonchev–Trinajstić information content (AvgIpc) is 1.87. The molecule has 0 aromatic carbocycles. The second-order valence-electron chi connectivity index (χ2n) is 1.66. The highest BCUT2D eigenvalue weighted by Gasteiger charge is 2.09. The van der Waals surface area contributed by atoms with Crippen molar-refractivity contribution in [3.8, 4) is 12.1 Å². The van der Waals surface area contributed by atoms with Crippen molar-refractivity contribution >= 4 is 10.7 Å². The van der Waals surface area contributed by atoms with Crippen LogP contribution in [-0.2, 0) is 10.7 Å². The lowest BCUT2D eigenvalue weighted by molar-refractivity contribution is 0.600. The summed E-state index contributed by atoms with van der Waals surface area (Å²) >= 11 is 0. The van der Waals surface area contributed by atoms with Gasteiger partial charge in [-0.1, -0.05) is 0 Å². The third-order valence-electron chi connectivity index (χ3n) is 0.952. The predicted octanol–water partition coefficient (Wildman–Crippen LogP) is -0.206. The van der Waals surface area contributed by atoms with Crippen molar-refractivity contribution in [3.05, 3.63) is 0 Å². The van der Waals surface area contributed by atoms with Gasteiger partial charge < -0.3 is 0 Å². The molecular weight excluding hydrogens is 152 g/mol. The fraction of sp³-hybridized carbons (Fsp3) is 0.600. The lowest BCUT2D eigenvalue weighted by Gasteiger charge is -1.95. The van der Waals surface area contributed by atoms with E-state index >= 15 is 0 Å². The Hall–Kier alpha value is -1.07. The van der Waals surface area contributed by atoms with Crippen molar-refractivity contribution in [2.75, 3.05) is 0 Å². The van der Waals surface area contributed by atoms with E-state index in [9.17, 15) is 8.42 Å². The number of hydrogen-bond donors (Lipinski definition) is 1. The molecule has 0 radical (unpaired) electrons. The monoisotopic (exact) mass is 158 g/mol. The number of nitriles is 2. The summed E-state index contributed by atoms with van der Waals surface area (Å²) in [7, 11) is -2.62. The van der Waals surface area contributed by atoms with E-state index < -0.39 is 16.0 Å². The molecule has 5 heteroatoms. The summed E-state index contributed by atoms with van der Waals surface area (Å²) < 4.78 is 20.4. The number of hydrogen-bond acceptors (Lipinski definition) is 4. The van der Waals surface area contributed by atoms with Gasteiger partial charge in [-0.15, -0.1) is 0 Å². The summed E-state index contributed by atoms with van der Waals surface area (Å²) in [5, 5.41) is 15.4. The van der Waals surface area contributed by atoms with E-state index in [0.717, 1.165) is 0 Å². The molecule has 0 aliphatic carbocycles. The molecule has 4 nitrogen and oxygen atoms in total. The molecule has 0 saturated heterocycles. The molecule has 0 saturated carbocycles. The van der Waals surface area contributed by atoms with Crippen molar-refractivity contribution in [2.45, 2.75) is 18.1 Å². The largest absolute Gasteiger partial charge is 0.232 e. The number of nitrogens with zero attached hydrogens (tertiary/aromatic N) is 2. The second kappa shape index (κ2) is 4.78. The van der Waals surface area contributed by atoms with Crippen molar-refractivity contribution in [3.63, 3.8) is 0 Å². The van der Waals surface area contributed by atoms with Gasteiger partial charge in [0, 0.05) is 0 Å². The van der Waals surface area contributed by atoms with Crippen molar-refractivity contribution in [2.24, 2.45) is 0 Å². The minimum atomic E-state index is -2.62. The predicted molar refractivity (Wildman–Crippen MR) is 34.6 cm³/mol. The van der Waals surface area contributed by atoms with E-state index in [0.29, 0.717) is 0 Å². The number of thiol groups is 1.